The zero-order valence-corrected chi connectivity index (χ0v) is 12.6. The van der Waals surface area contributed by atoms with Crippen molar-refractivity contribution in [3.05, 3.63) is 17.2 Å². The first-order valence-corrected chi connectivity index (χ1v) is 7.62. The Morgan fingerprint density at radius 2 is 2.15 bits per heavy atom. The fraction of sp³-hybridized carbons (Fsp3) is 0.733. The Morgan fingerprint density at radius 1 is 1.35 bits per heavy atom. The fourth-order valence-electron chi connectivity index (χ4n) is 3.37. The number of imidazole rings is 1. The van der Waals surface area contributed by atoms with Crippen molar-refractivity contribution < 1.29 is 4.79 Å². The number of nitrogens with zero attached hydrogens (tertiary/aromatic N) is 3. The smallest absolute Gasteiger partial charge is 0.222 e. The molecule has 1 aromatic heterocycles. The first-order valence-electron chi connectivity index (χ1n) is 7.62. The van der Waals surface area contributed by atoms with E-state index in [1.54, 1.807) is 0 Å². The number of hydrogen-bond acceptors (Lipinski definition) is 3. The van der Waals surface area contributed by atoms with Crippen LogP contribution < -0.4 is 5.32 Å². The van der Waals surface area contributed by atoms with Crippen molar-refractivity contribution in [3.63, 3.8) is 0 Å². The molecule has 3 rings (SSSR count). The van der Waals surface area contributed by atoms with E-state index in [1.165, 1.54) is 17.2 Å². The minimum Gasteiger partial charge on any atom is -0.344 e. The van der Waals surface area contributed by atoms with Crippen molar-refractivity contribution in [1.29, 1.82) is 0 Å². The molecule has 110 valence electrons. The average molecular weight is 276 g/mol. The Morgan fingerprint density at radius 3 is 2.85 bits per heavy atom. The van der Waals surface area contributed by atoms with Crippen LogP contribution in [0.25, 0.3) is 0 Å². The molecule has 1 N–H and O–H groups in total. The van der Waals surface area contributed by atoms with Gasteiger partial charge in [-0.25, -0.2) is 4.98 Å². The van der Waals surface area contributed by atoms with Gasteiger partial charge in [-0.1, -0.05) is 13.8 Å². The van der Waals surface area contributed by atoms with Crippen molar-refractivity contribution in [3.8, 4) is 0 Å². The number of carbonyl (C=O) groups is 1. The third kappa shape index (κ3) is 2.24. The summed E-state index contributed by atoms with van der Waals surface area (Å²) in [5.74, 6) is 1.87. The molecule has 20 heavy (non-hydrogen) atoms. The third-order valence-corrected chi connectivity index (χ3v) is 4.43. The van der Waals surface area contributed by atoms with Crippen molar-refractivity contribution in [2.45, 2.75) is 51.6 Å². The molecule has 0 bridgehead atoms. The molecule has 1 amide bonds. The Balaban J connectivity index is 1.98. The fourth-order valence-corrected chi connectivity index (χ4v) is 3.37. The van der Waals surface area contributed by atoms with Gasteiger partial charge >= 0.3 is 0 Å². The summed E-state index contributed by atoms with van der Waals surface area (Å²) in [7, 11) is 1.91. The number of likely N-dealkylation sites (N-methyl/N-ethyl adjacent to an activating group) is 1. The van der Waals surface area contributed by atoms with Crippen LogP contribution in [0, 0.1) is 0 Å². The van der Waals surface area contributed by atoms with E-state index in [1.807, 2.05) is 11.9 Å². The van der Waals surface area contributed by atoms with E-state index in [9.17, 15) is 4.79 Å². The standard InChI is InChI=1S/C15H24N4O/c1-10(2)15-17-12-8-16-7-6-13(12)19(15)11-4-5-14(20)18(3)9-11/h10-11,16H,4-9H2,1-3H3. The molecule has 2 aliphatic rings. The number of amides is 1. The lowest BCUT2D eigenvalue weighted by Gasteiger charge is -2.33. The largest absolute Gasteiger partial charge is 0.344 e. The minimum atomic E-state index is 0.267. The van der Waals surface area contributed by atoms with Gasteiger partial charge in [-0.3, -0.25) is 4.79 Å². The van der Waals surface area contributed by atoms with Gasteiger partial charge in [0.15, 0.2) is 0 Å². The zero-order valence-electron chi connectivity index (χ0n) is 12.6. The first kappa shape index (κ1) is 13.6. The molecule has 1 unspecified atom stereocenters. The molecule has 2 aliphatic heterocycles. The van der Waals surface area contributed by atoms with E-state index in [-0.39, 0.29) is 5.91 Å². The highest BCUT2D eigenvalue weighted by Crippen LogP contribution is 2.30. The maximum Gasteiger partial charge on any atom is 0.222 e. The number of aromatic nitrogens is 2. The molecule has 3 heterocycles. The Labute approximate surface area is 120 Å². The summed E-state index contributed by atoms with van der Waals surface area (Å²) in [5, 5.41) is 3.40. The van der Waals surface area contributed by atoms with Crippen LogP contribution in [0.15, 0.2) is 0 Å². The predicted octanol–water partition coefficient (Wildman–Crippen LogP) is 1.45. The average Bonchev–Trinajstić information content (AvgIpc) is 2.81. The summed E-state index contributed by atoms with van der Waals surface area (Å²) < 4.78 is 2.45. The van der Waals surface area contributed by atoms with Gasteiger partial charge in [0.05, 0.1) is 11.7 Å². The van der Waals surface area contributed by atoms with Crippen LogP contribution in [-0.4, -0.2) is 40.5 Å². The van der Waals surface area contributed by atoms with Gasteiger partial charge in [0.2, 0.25) is 5.91 Å². The second kappa shape index (κ2) is 5.20. The third-order valence-electron chi connectivity index (χ3n) is 4.43. The SMILES string of the molecule is CC(C)c1nc2c(n1C1CCC(=O)N(C)C1)CCNC2. The van der Waals surface area contributed by atoms with Gasteiger partial charge in [0, 0.05) is 51.1 Å². The molecule has 1 fully saturated rings. The van der Waals surface area contributed by atoms with Gasteiger partial charge in [-0.15, -0.1) is 0 Å². The number of rotatable bonds is 2. The van der Waals surface area contributed by atoms with E-state index < -0.39 is 0 Å². The molecule has 1 aromatic rings. The summed E-state index contributed by atoms with van der Waals surface area (Å²) in [6, 6.07) is 0.393. The Bertz CT molecular complexity index is 520. The molecular weight excluding hydrogens is 252 g/mol. The lowest BCUT2D eigenvalue weighted by atomic mass is 10.0. The van der Waals surface area contributed by atoms with Crippen molar-refractivity contribution in [2.24, 2.45) is 0 Å². The van der Waals surface area contributed by atoms with Gasteiger partial charge < -0.3 is 14.8 Å². The number of likely N-dealkylation sites (tertiary alicyclic amines) is 1. The zero-order chi connectivity index (χ0) is 14.3. The Kier molecular flexibility index (Phi) is 3.54. The van der Waals surface area contributed by atoms with Crippen LogP contribution in [-0.2, 0) is 17.8 Å². The molecule has 0 aliphatic carbocycles. The van der Waals surface area contributed by atoms with Crippen LogP contribution in [0.1, 0.15) is 55.9 Å². The second-order valence-electron chi connectivity index (χ2n) is 6.28. The molecular formula is C15H24N4O. The highest BCUT2D eigenvalue weighted by Gasteiger charge is 2.30. The van der Waals surface area contributed by atoms with E-state index in [4.69, 9.17) is 4.98 Å². The predicted molar refractivity (Wildman–Crippen MR) is 77.6 cm³/mol. The van der Waals surface area contributed by atoms with Crippen molar-refractivity contribution in [1.82, 2.24) is 19.8 Å². The Hall–Kier alpha value is -1.36. The molecule has 0 spiro atoms. The van der Waals surface area contributed by atoms with Crippen LogP contribution >= 0.6 is 0 Å². The molecule has 5 nitrogen and oxygen atoms in total. The topological polar surface area (TPSA) is 50.2 Å². The maximum atomic E-state index is 11.7. The number of hydrogen-bond donors (Lipinski definition) is 1. The lowest BCUT2D eigenvalue weighted by Crippen LogP contribution is -2.39. The second-order valence-corrected chi connectivity index (χ2v) is 6.28. The van der Waals surface area contributed by atoms with E-state index >= 15 is 0 Å². The number of piperidine rings is 1. The van der Waals surface area contributed by atoms with Crippen molar-refractivity contribution >= 4 is 5.91 Å². The van der Waals surface area contributed by atoms with Crippen LogP contribution in [0.3, 0.4) is 0 Å². The van der Waals surface area contributed by atoms with Gasteiger partial charge in [-0.2, -0.15) is 0 Å². The van der Waals surface area contributed by atoms with Gasteiger partial charge in [-0.05, 0) is 6.42 Å². The molecule has 1 saturated heterocycles. The van der Waals surface area contributed by atoms with E-state index in [2.05, 4.69) is 23.7 Å². The number of fused-ring (bicyclic) bond motifs is 1. The minimum absolute atomic E-state index is 0.267. The highest BCUT2D eigenvalue weighted by molar-refractivity contribution is 5.76. The van der Waals surface area contributed by atoms with Crippen molar-refractivity contribution in [2.75, 3.05) is 20.1 Å². The summed E-state index contributed by atoms with van der Waals surface area (Å²) in [6.07, 6.45) is 2.65. The summed E-state index contributed by atoms with van der Waals surface area (Å²) in [4.78, 5) is 18.4. The van der Waals surface area contributed by atoms with Crippen LogP contribution in [0.4, 0.5) is 0 Å². The van der Waals surface area contributed by atoms with Crippen LogP contribution in [0.5, 0.6) is 0 Å². The molecule has 1 atom stereocenters. The van der Waals surface area contributed by atoms with E-state index in [0.717, 1.165) is 32.5 Å². The van der Waals surface area contributed by atoms with Crippen LogP contribution in [0.2, 0.25) is 0 Å². The molecule has 0 aromatic carbocycles. The summed E-state index contributed by atoms with van der Waals surface area (Å²) in [6.45, 7) is 7.13. The lowest BCUT2D eigenvalue weighted by molar-refractivity contribution is -0.132. The quantitative estimate of drug-likeness (QED) is 0.889. The molecule has 0 radical (unpaired) electrons. The van der Waals surface area contributed by atoms with E-state index in [0.29, 0.717) is 18.4 Å². The van der Waals surface area contributed by atoms with Gasteiger partial charge in [0.25, 0.3) is 0 Å². The maximum absolute atomic E-state index is 11.7. The molecule has 0 saturated carbocycles. The first-order chi connectivity index (χ1) is 9.58. The highest BCUT2D eigenvalue weighted by atomic mass is 16.2. The molecule has 5 heteroatoms. The monoisotopic (exact) mass is 276 g/mol. The van der Waals surface area contributed by atoms with Gasteiger partial charge in [0.1, 0.15) is 5.82 Å². The summed E-state index contributed by atoms with van der Waals surface area (Å²) >= 11 is 0. The summed E-state index contributed by atoms with van der Waals surface area (Å²) in [5.41, 5.74) is 2.60. The number of nitrogens with one attached hydrogen (secondary N) is 1. The normalized spacial score (nSPS) is 23.3. The number of carbonyl (C=O) groups excluding carboxylic acids is 1.